The summed E-state index contributed by atoms with van der Waals surface area (Å²) in [5.41, 5.74) is 5.62. The van der Waals surface area contributed by atoms with Crippen molar-refractivity contribution in [2.24, 2.45) is 5.73 Å². The minimum Gasteiger partial charge on any atom is -0.353 e. The Labute approximate surface area is 106 Å². The van der Waals surface area contributed by atoms with Crippen LogP contribution in [-0.2, 0) is 0 Å². The van der Waals surface area contributed by atoms with Crippen molar-refractivity contribution < 1.29 is 0 Å². The van der Waals surface area contributed by atoms with Gasteiger partial charge in [0.05, 0.1) is 0 Å². The third-order valence-corrected chi connectivity index (χ3v) is 3.88. The number of nitrogens with one attached hydrogen (secondary N) is 1. The summed E-state index contributed by atoms with van der Waals surface area (Å²) in [7, 11) is 0. The average Bonchev–Trinajstić information content (AvgIpc) is 3.10. The Morgan fingerprint density at radius 1 is 1.44 bits per heavy atom. The van der Waals surface area contributed by atoms with Crippen LogP contribution in [0.3, 0.4) is 0 Å². The number of anilines is 1. The van der Waals surface area contributed by atoms with Gasteiger partial charge in [-0.3, -0.25) is 4.79 Å². The highest BCUT2D eigenvalue weighted by Crippen LogP contribution is 2.38. The molecule has 2 aliphatic rings. The molecule has 3 rings (SSSR count). The summed E-state index contributed by atoms with van der Waals surface area (Å²) < 4.78 is 0. The van der Waals surface area contributed by atoms with Crippen LogP contribution in [0.15, 0.2) is 10.9 Å². The molecule has 2 fully saturated rings. The molecule has 3 N–H and O–H groups in total. The number of nitrogens with two attached hydrogens (primary N) is 1. The van der Waals surface area contributed by atoms with Gasteiger partial charge in [0.25, 0.3) is 5.56 Å². The SMILES string of the molecule is NCCC1CCCN1c1cc(=O)[nH]c(C2CC2)n1. The first-order chi connectivity index (χ1) is 8.78. The molecule has 1 aliphatic carbocycles. The first-order valence-corrected chi connectivity index (χ1v) is 6.86. The Morgan fingerprint density at radius 2 is 2.28 bits per heavy atom. The second kappa shape index (κ2) is 4.72. The van der Waals surface area contributed by atoms with Gasteiger partial charge in [0.1, 0.15) is 11.6 Å². The Morgan fingerprint density at radius 3 is 3.00 bits per heavy atom. The van der Waals surface area contributed by atoms with E-state index in [0.717, 1.165) is 50.3 Å². The molecule has 5 heteroatoms. The van der Waals surface area contributed by atoms with Gasteiger partial charge >= 0.3 is 0 Å². The Kier molecular flexibility index (Phi) is 3.07. The molecule has 5 nitrogen and oxygen atoms in total. The van der Waals surface area contributed by atoms with Crippen molar-refractivity contribution in [1.82, 2.24) is 9.97 Å². The molecule has 1 atom stereocenters. The average molecular weight is 248 g/mol. The van der Waals surface area contributed by atoms with Gasteiger partial charge in [-0.15, -0.1) is 0 Å². The lowest BCUT2D eigenvalue weighted by atomic mass is 10.1. The maximum atomic E-state index is 11.7. The van der Waals surface area contributed by atoms with Crippen molar-refractivity contribution in [3.8, 4) is 0 Å². The Hall–Kier alpha value is -1.36. The summed E-state index contributed by atoms with van der Waals surface area (Å²) in [4.78, 5) is 21.5. The van der Waals surface area contributed by atoms with Gasteiger partial charge in [-0.05, 0) is 38.6 Å². The van der Waals surface area contributed by atoms with Crippen LogP contribution in [0.25, 0.3) is 0 Å². The molecular formula is C13H20N4O. The lowest BCUT2D eigenvalue weighted by molar-refractivity contribution is 0.612. The lowest BCUT2D eigenvalue weighted by Gasteiger charge is -2.25. The summed E-state index contributed by atoms with van der Waals surface area (Å²) in [6.07, 6.45) is 5.60. The summed E-state index contributed by atoms with van der Waals surface area (Å²) in [6.45, 7) is 1.69. The van der Waals surface area contributed by atoms with Crippen molar-refractivity contribution >= 4 is 5.82 Å². The van der Waals surface area contributed by atoms with Crippen molar-refractivity contribution in [2.45, 2.75) is 44.1 Å². The van der Waals surface area contributed by atoms with Gasteiger partial charge in [-0.1, -0.05) is 0 Å². The monoisotopic (exact) mass is 248 g/mol. The topological polar surface area (TPSA) is 75.0 Å². The number of H-pyrrole nitrogens is 1. The number of hydrogen-bond donors (Lipinski definition) is 2. The van der Waals surface area contributed by atoms with Crippen LogP contribution in [0.5, 0.6) is 0 Å². The summed E-state index contributed by atoms with van der Waals surface area (Å²) in [5, 5.41) is 0. The van der Waals surface area contributed by atoms with Gasteiger partial charge in [0, 0.05) is 24.6 Å². The summed E-state index contributed by atoms with van der Waals surface area (Å²) in [5.74, 6) is 2.20. The van der Waals surface area contributed by atoms with Crippen LogP contribution in [0, 0.1) is 0 Å². The van der Waals surface area contributed by atoms with E-state index in [2.05, 4.69) is 14.9 Å². The molecule has 98 valence electrons. The fraction of sp³-hybridized carbons (Fsp3) is 0.692. The minimum atomic E-state index is -0.0275. The highest BCUT2D eigenvalue weighted by Gasteiger charge is 2.29. The molecular weight excluding hydrogens is 228 g/mol. The summed E-state index contributed by atoms with van der Waals surface area (Å²) in [6, 6.07) is 2.08. The van der Waals surface area contributed by atoms with E-state index < -0.39 is 0 Å². The maximum absolute atomic E-state index is 11.7. The largest absolute Gasteiger partial charge is 0.353 e. The standard InChI is InChI=1S/C13H20N4O/c14-6-5-10-2-1-7-17(10)11-8-12(18)16-13(15-11)9-3-4-9/h8-10H,1-7,14H2,(H,15,16,18). The normalized spacial score (nSPS) is 23.6. The van der Waals surface area contributed by atoms with E-state index in [0.29, 0.717) is 18.5 Å². The van der Waals surface area contributed by atoms with Crippen molar-refractivity contribution in [3.05, 3.63) is 22.2 Å². The minimum absolute atomic E-state index is 0.0275. The fourth-order valence-corrected chi connectivity index (χ4v) is 2.79. The van der Waals surface area contributed by atoms with Crippen molar-refractivity contribution in [1.29, 1.82) is 0 Å². The molecule has 0 amide bonds. The molecule has 1 unspecified atom stereocenters. The fourth-order valence-electron chi connectivity index (χ4n) is 2.79. The van der Waals surface area contributed by atoms with E-state index in [1.165, 1.54) is 0 Å². The molecule has 2 heterocycles. The van der Waals surface area contributed by atoms with Gasteiger partial charge in [-0.25, -0.2) is 4.98 Å². The van der Waals surface area contributed by atoms with E-state index in [9.17, 15) is 4.79 Å². The van der Waals surface area contributed by atoms with Gasteiger partial charge in [-0.2, -0.15) is 0 Å². The van der Waals surface area contributed by atoms with Gasteiger partial charge < -0.3 is 15.6 Å². The number of hydrogen-bond acceptors (Lipinski definition) is 4. The molecule has 1 saturated heterocycles. The van der Waals surface area contributed by atoms with Crippen LogP contribution in [-0.4, -0.2) is 29.1 Å². The second-order valence-electron chi connectivity index (χ2n) is 5.33. The van der Waals surface area contributed by atoms with Gasteiger partial charge in [0.15, 0.2) is 0 Å². The van der Waals surface area contributed by atoms with Crippen LogP contribution >= 0.6 is 0 Å². The predicted octanol–water partition coefficient (Wildman–Crippen LogP) is 0.965. The first kappa shape index (κ1) is 11.7. The van der Waals surface area contributed by atoms with Crippen LogP contribution in [0.4, 0.5) is 5.82 Å². The predicted molar refractivity (Wildman–Crippen MR) is 70.9 cm³/mol. The van der Waals surface area contributed by atoms with Crippen LogP contribution < -0.4 is 16.2 Å². The molecule has 18 heavy (non-hydrogen) atoms. The zero-order valence-corrected chi connectivity index (χ0v) is 10.6. The second-order valence-corrected chi connectivity index (χ2v) is 5.33. The zero-order chi connectivity index (χ0) is 12.5. The lowest BCUT2D eigenvalue weighted by Crippen LogP contribution is -2.33. The van der Waals surface area contributed by atoms with Crippen molar-refractivity contribution in [2.75, 3.05) is 18.0 Å². The molecule has 0 spiro atoms. The smallest absolute Gasteiger partial charge is 0.252 e. The highest BCUT2D eigenvalue weighted by atomic mass is 16.1. The van der Waals surface area contributed by atoms with E-state index in [1.807, 2.05) is 0 Å². The van der Waals surface area contributed by atoms with E-state index in [4.69, 9.17) is 5.73 Å². The molecule has 0 aromatic carbocycles. The third-order valence-electron chi connectivity index (χ3n) is 3.88. The molecule has 1 aromatic rings. The van der Waals surface area contributed by atoms with Crippen LogP contribution in [0.2, 0.25) is 0 Å². The molecule has 0 radical (unpaired) electrons. The first-order valence-electron chi connectivity index (χ1n) is 6.86. The number of aromatic amines is 1. The van der Waals surface area contributed by atoms with Crippen LogP contribution in [0.1, 0.15) is 43.8 Å². The zero-order valence-electron chi connectivity index (χ0n) is 10.6. The Balaban J connectivity index is 1.88. The van der Waals surface area contributed by atoms with E-state index in [-0.39, 0.29) is 5.56 Å². The molecule has 0 bridgehead atoms. The van der Waals surface area contributed by atoms with E-state index in [1.54, 1.807) is 6.07 Å². The third kappa shape index (κ3) is 2.27. The molecule has 1 saturated carbocycles. The molecule has 1 aliphatic heterocycles. The Bertz CT molecular complexity index is 480. The maximum Gasteiger partial charge on any atom is 0.252 e. The number of rotatable bonds is 4. The number of aromatic nitrogens is 2. The quantitative estimate of drug-likeness (QED) is 0.832. The van der Waals surface area contributed by atoms with E-state index >= 15 is 0 Å². The molecule has 1 aromatic heterocycles. The van der Waals surface area contributed by atoms with Crippen molar-refractivity contribution in [3.63, 3.8) is 0 Å². The number of nitrogens with zero attached hydrogens (tertiary/aromatic N) is 2. The highest BCUT2D eigenvalue weighted by molar-refractivity contribution is 5.41. The van der Waals surface area contributed by atoms with Gasteiger partial charge in [0.2, 0.25) is 0 Å². The summed E-state index contributed by atoms with van der Waals surface area (Å²) >= 11 is 0.